The summed E-state index contributed by atoms with van der Waals surface area (Å²) in [6, 6.07) is 4.43. The molecule has 1 aromatic carbocycles. The second-order valence-corrected chi connectivity index (χ2v) is 8.38. The van der Waals surface area contributed by atoms with E-state index in [1.165, 1.54) is 30.0 Å². The molecule has 0 unspecified atom stereocenters. The molecule has 1 fully saturated rings. The molecular formula is C25H28FN5O6. The highest BCUT2D eigenvalue weighted by molar-refractivity contribution is 5.91. The molecule has 4 N–H and O–H groups in total. The highest BCUT2D eigenvalue weighted by atomic mass is 19.1. The summed E-state index contributed by atoms with van der Waals surface area (Å²) >= 11 is 0. The number of aryl methyl sites for hydroxylation is 1. The van der Waals surface area contributed by atoms with E-state index in [4.69, 9.17) is 4.74 Å². The van der Waals surface area contributed by atoms with Gasteiger partial charge in [-0.1, -0.05) is 12.2 Å². The van der Waals surface area contributed by atoms with Crippen LogP contribution in [0.1, 0.15) is 36.6 Å². The Morgan fingerprint density at radius 3 is 2.68 bits per heavy atom. The summed E-state index contributed by atoms with van der Waals surface area (Å²) in [7, 11) is 0. The van der Waals surface area contributed by atoms with Crippen LogP contribution in [0, 0.1) is 12.7 Å². The van der Waals surface area contributed by atoms with E-state index in [0.717, 1.165) is 0 Å². The van der Waals surface area contributed by atoms with Crippen LogP contribution in [0.15, 0.2) is 39.9 Å². The number of aromatic amines is 2. The average Bonchev–Trinajstić information content (AvgIpc) is 3.20. The van der Waals surface area contributed by atoms with Crippen molar-refractivity contribution in [2.75, 3.05) is 24.5 Å². The summed E-state index contributed by atoms with van der Waals surface area (Å²) in [6.45, 7) is 3.69. The highest BCUT2D eigenvalue weighted by Crippen LogP contribution is 2.24. The van der Waals surface area contributed by atoms with Crippen LogP contribution in [-0.4, -0.2) is 53.6 Å². The number of H-pyrrole nitrogens is 2. The quantitative estimate of drug-likeness (QED) is 0.280. The summed E-state index contributed by atoms with van der Waals surface area (Å²) in [6.07, 6.45) is 6.00. The van der Waals surface area contributed by atoms with Crippen LogP contribution in [0.5, 0.6) is 0 Å². The Balaban J connectivity index is 1.44. The third kappa shape index (κ3) is 7.75. The number of benzene rings is 1. The highest BCUT2D eigenvalue weighted by Gasteiger charge is 2.32. The average molecular weight is 514 g/mol. The van der Waals surface area contributed by atoms with E-state index in [-0.39, 0.29) is 24.6 Å². The zero-order valence-corrected chi connectivity index (χ0v) is 20.4. The predicted molar refractivity (Wildman–Crippen MR) is 135 cm³/mol. The Labute approximate surface area is 211 Å². The van der Waals surface area contributed by atoms with Crippen molar-refractivity contribution >= 4 is 35.7 Å². The maximum Gasteiger partial charge on any atom is 0.414 e. The number of aromatic nitrogens is 2. The molecule has 12 heteroatoms. The number of anilines is 1. The van der Waals surface area contributed by atoms with Crippen molar-refractivity contribution in [3.63, 3.8) is 0 Å². The first kappa shape index (κ1) is 27.1. The minimum Gasteiger partial charge on any atom is -0.442 e. The lowest BCUT2D eigenvalue weighted by molar-refractivity contribution is -0.119. The van der Waals surface area contributed by atoms with Crippen LogP contribution in [0.4, 0.5) is 14.9 Å². The Kier molecular flexibility index (Phi) is 9.14. The monoisotopic (exact) mass is 513 g/mol. The zero-order chi connectivity index (χ0) is 26.9. The Morgan fingerprint density at radius 1 is 1.19 bits per heavy atom. The molecule has 11 nitrogen and oxygen atoms in total. The first-order chi connectivity index (χ1) is 17.6. The van der Waals surface area contributed by atoms with Gasteiger partial charge >= 0.3 is 11.8 Å². The third-order valence-electron chi connectivity index (χ3n) is 5.47. The van der Waals surface area contributed by atoms with E-state index in [1.54, 1.807) is 31.2 Å². The van der Waals surface area contributed by atoms with Gasteiger partial charge in [-0.3, -0.25) is 24.3 Å². The van der Waals surface area contributed by atoms with Crippen LogP contribution < -0.4 is 26.8 Å². The number of ether oxygens (including phenoxy) is 1. The van der Waals surface area contributed by atoms with Crippen molar-refractivity contribution in [2.24, 2.45) is 0 Å². The Bertz CT molecular complexity index is 1350. The number of rotatable bonds is 10. The van der Waals surface area contributed by atoms with Gasteiger partial charge in [0.1, 0.15) is 11.9 Å². The van der Waals surface area contributed by atoms with Gasteiger partial charge in [-0.15, -0.1) is 0 Å². The molecule has 196 valence electrons. The van der Waals surface area contributed by atoms with Crippen molar-refractivity contribution in [2.45, 2.75) is 32.8 Å². The summed E-state index contributed by atoms with van der Waals surface area (Å²) < 4.78 is 19.8. The standard InChI is InChI=1S/C25H28FN5O6/c1-15-20(23(34)30-24(35)29-15)9-10-22(33)27-11-5-3-4-6-17-7-8-18(12-21(17)26)31-14-19(37-25(31)36)13-28-16(2)32/h4,6-10,12,19H,3,5,11,13-14H2,1-2H3,(H,27,33)(H,28,32)(H2,29,30,34,35)/b6-4+,10-9+/t19-/m0/s1. The van der Waals surface area contributed by atoms with Crippen molar-refractivity contribution < 1.29 is 23.5 Å². The SMILES string of the molecule is CC(=O)NC[C@H]1CN(c2ccc(/C=C/CCCNC(=O)/C=C/c3c(C)[nH]c(=O)[nH]c3=O)c(F)c2)C(=O)O1. The molecule has 0 spiro atoms. The molecule has 2 aromatic rings. The number of hydrogen-bond donors (Lipinski definition) is 4. The molecule has 0 aliphatic carbocycles. The molecule has 0 radical (unpaired) electrons. The van der Waals surface area contributed by atoms with Gasteiger partial charge in [0.15, 0.2) is 0 Å². The third-order valence-corrected chi connectivity index (χ3v) is 5.47. The van der Waals surface area contributed by atoms with E-state index in [0.29, 0.717) is 36.3 Å². The molecule has 1 aliphatic heterocycles. The van der Waals surface area contributed by atoms with E-state index >= 15 is 0 Å². The molecule has 1 aliphatic rings. The van der Waals surface area contributed by atoms with Crippen LogP contribution in [0.2, 0.25) is 0 Å². The zero-order valence-electron chi connectivity index (χ0n) is 20.4. The summed E-state index contributed by atoms with van der Waals surface area (Å²) in [5.41, 5.74) is 0.0612. The van der Waals surface area contributed by atoms with E-state index in [2.05, 4.69) is 20.6 Å². The Morgan fingerprint density at radius 2 is 1.97 bits per heavy atom. The second-order valence-electron chi connectivity index (χ2n) is 8.38. The maximum absolute atomic E-state index is 14.6. The molecule has 37 heavy (non-hydrogen) atoms. The predicted octanol–water partition coefficient (Wildman–Crippen LogP) is 1.60. The van der Waals surface area contributed by atoms with Crippen molar-refractivity contribution in [1.29, 1.82) is 0 Å². The van der Waals surface area contributed by atoms with Gasteiger partial charge in [0, 0.05) is 30.8 Å². The second kappa shape index (κ2) is 12.5. The molecule has 1 atom stereocenters. The molecule has 1 saturated heterocycles. The van der Waals surface area contributed by atoms with Gasteiger partial charge in [-0.2, -0.15) is 0 Å². The van der Waals surface area contributed by atoms with Gasteiger partial charge in [-0.25, -0.2) is 14.0 Å². The fourth-order valence-corrected chi connectivity index (χ4v) is 3.59. The topological polar surface area (TPSA) is 153 Å². The molecule has 1 aromatic heterocycles. The van der Waals surface area contributed by atoms with Crippen LogP contribution in [0.25, 0.3) is 12.2 Å². The van der Waals surface area contributed by atoms with E-state index in [1.807, 2.05) is 0 Å². The number of halogens is 1. The lowest BCUT2D eigenvalue weighted by atomic mass is 10.1. The maximum atomic E-state index is 14.6. The minimum absolute atomic E-state index is 0.187. The minimum atomic E-state index is -0.613. The van der Waals surface area contributed by atoms with E-state index in [9.17, 15) is 28.4 Å². The number of nitrogens with one attached hydrogen (secondary N) is 4. The van der Waals surface area contributed by atoms with Crippen molar-refractivity contribution in [3.05, 3.63) is 73.8 Å². The molecule has 2 heterocycles. The first-order valence-corrected chi connectivity index (χ1v) is 11.6. The number of nitrogens with zero attached hydrogens (tertiary/aromatic N) is 1. The lowest BCUT2D eigenvalue weighted by Crippen LogP contribution is -2.33. The molecule has 3 rings (SSSR count). The number of amides is 3. The smallest absolute Gasteiger partial charge is 0.414 e. The first-order valence-electron chi connectivity index (χ1n) is 11.6. The summed E-state index contributed by atoms with van der Waals surface area (Å²) in [5, 5.41) is 5.27. The van der Waals surface area contributed by atoms with Crippen LogP contribution in [0.3, 0.4) is 0 Å². The fourth-order valence-electron chi connectivity index (χ4n) is 3.59. The molecule has 3 amide bonds. The largest absolute Gasteiger partial charge is 0.442 e. The molecular weight excluding hydrogens is 485 g/mol. The van der Waals surface area contributed by atoms with Crippen LogP contribution in [-0.2, 0) is 14.3 Å². The van der Waals surface area contributed by atoms with Gasteiger partial charge in [0.05, 0.1) is 24.3 Å². The number of hydrogen-bond acceptors (Lipinski definition) is 6. The lowest BCUT2D eigenvalue weighted by Gasteiger charge is -2.13. The molecule has 0 saturated carbocycles. The summed E-state index contributed by atoms with van der Waals surface area (Å²) in [5.74, 6) is -1.13. The van der Waals surface area contributed by atoms with Gasteiger partial charge < -0.3 is 20.4 Å². The number of carbonyl (C=O) groups excluding carboxylic acids is 3. The van der Waals surface area contributed by atoms with Crippen molar-refractivity contribution in [3.8, 4) is 0 Å². The number of cyclic esters (lactones) is 1. The number of carbonyl (C=O) groups is 3. The van der Waals surface area contributed by atoms with E-state index < -0.39 is 35.2 Å². The van der Waals surface area contributed by atoms with Crippen LogP contribution >= 0.6 is 0 Å². The summed E-state index contributed by atoms with van der Waals surface area (Å²) in [4.78, 5) is 63.9. The Hall–Kier alpha value is -4.48. The van der Waals surface area contributed by atoms with Gasteiger partial charge in [0.2, 0.25) is 11.8 Å². The normalized spacial score (nSPS) is 15.4. The fraction of sp³-hybridized carbons (Fsp3) is 0.320. The van der Waals surface area contributed by atoms with Gasteiger partial charge in [0.25, 0.3) is 5.56 Å². The van der Waals surface area contributed by atoms with Gasteiger partial charge in [-0.05, 0) is 44.0 Å². The number of unbranched alkanes of at least 4 members (excludes halogenated alkanes) is 1. The van der Waals surface area contributed by atoms with Crippen molar-refractivity contribution in [1.82, 2.24) is 20.6 Å². The molecule has 0 bridgehead atoms. The number of allylic oxidation sites excluding steroid dienone is 1.